The molecule has 0 spiro atoms. The van der Waals surface area contributed by atoms with Gasteiger partial charge in [-0.25, -0.2) is 0 Å². The summed E-state index contributed by atoms with van der Waals surface area (Å²) in [6.07, 6.45) is 4.15. The van der Waals surface area contributed by atoms with Crippen molar-refractivity contribution < 1.29 is 14.3 Å². The molecule has 0 aromatic heterocycles. The summed E-state index contributed by atoms with van der Waals surface area (Å²) >= 11 is 0. The van der Waals surface area contributed by atoms with Gasteiger partial charge in [-0.3, -0.25) is 4.79 Å². The van der Waals surface area contributed by atoms with Crippen LogP contribution < -0.4 is 5.32 Å². The van der Waals surface area contributed by atoms with Crippen LogP contribution >= 0.6 is 0 Å². The van der Waals surface area contributed by atoms with Gasteiger partial charge < -0.3 is 19.7 Å². The standard InChI is InChI=1S/C14H28N2O3/c1-3-18-14(19-4-2)8-9-15-12-13(17)16-10-6-5-7-11-16/h14-15H,3-12H2,1-2H3. The molecule has 0 aromatic rings. The summed E-state index contributed by atoms with van der Waals surface area (Å²) in [7, 11) is 0. The van der Waals surface area contributed by atoms with Crippen molar-refractivity contribution in [1.29, 1.82) is 0 Å². The molecule has 1 fully saturated rings. The highest BCUT2D eigenvalue weighted by Gasteiger charge is 2.15. The number of hydrogen-bond acceptors (Lipinski definition) is 4. The normalized spacial score (nSPS) is 16.1. The maximum absolute atomic E-state index is 11.9. The van der Waals surface area contributed by atoms with E-state index in [2.05, 4.69) is 5.32 Å². The van der Waals surface area contributed by atoms with E-state index in [9.17, 15) is 4.79 Å². The van der Waals surface area contributed by atoms with Gasteiger partial charge in [-0.1, -0.05) is 0 Å². The van der Waals surface area contributed by atoms with Crippen LogP contribution in [0.15, 0.2) is 0 Å². The zero-order valence-electron chi connectivity index (χ0n) is 12.3. The quantitative estimate of drug-likeness (QED) is 0.509. The largest absolute Gasteiger partial charge is 0.353 e. The summed E-state index contributed by atoms with van der Waals surface area (Å²) in [5, 5.41) is 3.18. The van der Waals surface area contributed by atoms with Crippen LogP contribution in [0.5, 0.6) is 0 Å². The molecule has 1 rings (SSSR count). The molecule has 0 radical (unpaired) electrons. The molecule has 5 nitrogen and oxygen atoms in total. The zero-order valence-corrected chi connectivity index (χ0v) is 12.3. The van der Waals surface area contributed by atoms with Gasteiger partial charge in [0.1, 0.15) is 0 Å². The number of amides is 1. The van der Waals surface area contributed by atoms with Crippen LogP contribution in [0.4, 0.5) is 0 Å². The molecule has 0 aliphatic carbocycles. The molecule has 0 aromatic carbocycles. The number of carbonyl (C=O) groups excluding carboxylic acids is 1. The first-order chi connectivity index (χ1) is 9.27. The Morgan fingerprint density at radius 2 is 1.79 bits per heavy atom. The van der Waals surface area contributed by atoms with Gasteiger partial charge >= 0.3 is 0 Å². The zero-order chi connectivity index (χ0) is 13.9. The van der Waals surface area contributed by atoms with E-state index < -0.39 is 0 Å². The summed E-state index contributed by atoms with van der Waals surface area (Å²) < 4.78 is 10.9. The van der Waals surface area contributed by atoms with E-state index in [0.29, 0.717) is 19.8 Å². The molecule has 1 aliphatic heterocycles. The van der Waals surface area contributed by atoms with Crippen molar-refractivity contribution in [3.8, 4) is 0 Å². The molecule has 1 saturated heterocycles. The molecule has 0 unspecified atom stereocenters. The van der Waals surface area contributed by atoms with Crippen LogP contribution in [0.1, 0.15) is 39.5 Å². The molecule has 1 N–H and O–H groups in total. The van der Waals surface area contributed by atoms with Crippen molar-refractivity contribution in [1.82, 2.24) is 10.2 Å². The Labute approximate surface area is 116 Å². The van der Waals surface area contributed by atoms with Crippen LogP contribution in [-0.2, 0) is 14.3 Å². The van der Waals surface area contributed by atoms with Gasteiger partial charge in [-0.05, 0) is 33.1 Å². The smallest absolute Gasteiger partial charge is 0.236 e. The summed E-state index contributed by atoms with van der Waals surface area (Å²) in [5.41, 5.74) is 0. The number of hydrogen-bond donors (Lipinski definition) is 1. The van der Waals surface area contributed by atoms with Crippen molar-refractivity contribution in [2.24, 2.45) is 0 Å². The Kier molecular flexibility index (Phi) is 8.79. The lowest BCUT2D eigenvalue weighted by atomic mass is 10.1. The number of carbonyl (C=O) groups is 1. The first kappa shape index (κ1) is 16.4. The van der Waals surface area contributed by atoms with Crippen LogP contribution in [0.2, 0.25) is 0 Å². The summed E-state index contributed by atoms with van der Waals surface area (Å²) in [4.78, 5) is 13.9. The Morgan fingerprint density at radius 1 is 1.16 bits per heavy atom. The third-order valence-electron chi connectivity index (χ3n) is 3.25. The van der Waals surface area contributed by atoms with Crippen LogP contribution in [0.25, 0.3) is 0 Å². The third kappa shape index (κ3) is 6.89. The summed E-state index contributed by atoms with van der Waals surface area (Å²) in [5.74, 6) is 0.212. The molecule has 0 saturated carbocycles. The number of ether oxygens (including phenoxy) is 2. The molecule has 19 heavy (non-hydrogen) atoms. The molecular weight excluding hydrogens is 244 g/mol. The number of rotatable bonds is 9. The van der Waals surface area contributed by atoms with Gasteiger partial charge in [0, 0.05) is 39.3 Å². The van der Waals surface area contributed by atoms with Gasteiger partial charge in [0.15, 0.2) is 6.29 Å². The molecule has 1 aliphatic rings. The molecule has 0 bridgehead atoms. The van der Waals surface area contributed by atoms with Crippen LogP contribution in [-0.4, -0.2) is 56.5 Å². The lowest BCUT2D eigenvalue weighted by molar-refractivity contribution is -0.139. The molecule has 0 atom stereocenters. The fourth-order valence-electron chi connectivity index (χ4n) is 2.26. The van der Waals surface area contributed by atoms with Gasteiger partial charge in [0.05, 0.1) is 6.54 Å². The van der Waals surface area contributed by atoms with Gasteiger partial charge in [0.2, 0.25) is 5.91 Å². The maximum Gasteiger partial charge on any atom is 0.236 e. The average Bonchev–Trinajstić information content (AvgIpc) is 2.44. The second-order valence-corrected chi connectivity index (χ2v) is 4.75. The summed E-state index contributed by atoms with van der Waals surface area (Å²) in [6, 6.07) is 0. The van der Waals surface area contributed by atoms with E-state index in [-0.39, 0.29) is 12.2 Å². The fraction of sp³-hybridized carbons (Fsp3) is 0.929. The van der Waals surface area contributed by atoms with Crippen LogP contribution in [0, 0.1) is 0 Å². The lowest BCUT2D eigenvalue weighted by Crippen LogP contribution is -2.41. The maximum atomic E-state index is 11.9. The Bertz CT molecular complexity index is 237. The second kappa shape index (κ2) is 10.2. The monoisotopic (exact) mass is 272 g/mol. The number of nitrogens with one attached hydrogen (secondary N) is 1. The van der Waals surface area contributed by atoms with E-state index in [1.165, 1.54) is 6.42 Å². The first-order valence-corrected chi connectivity index (χ1v) is 7.49. The highest BCUT2D eigenvalue weighted by molar-refractivity contribution is 5.78. The van der Waals surface area contributed by atoms with Crippen molar-refractivity contribution >= 4 is 5.91 Å². The van der Waals surface area contributed by atoms with Gasteiger partial charge in [-0.2, -0.15) is 0 Å². The average molecular weight is 272 g/mol. The molecule has 112 valence electrons. The topological polar surface area (TPSA) is 50.8 Å². The van der Waals surface area contributed by atoms with E-state index in [1.54, 1.807) is 0 Å². The number of piperidine rings is 1. The van der Waals surface area contributed by atoms with E-state index >= 15 is 0 Å². The highest BCUT2D eigenvalue weighted by Crippen LogP contribution is 2.08. The minimum atomic E-state index is -0.160. The molecule has 1 amide bonds. The first-order valence-electron chi connectivity index (χ1n) is 7.49. The summed E-state index contributed by atoms with van der Waals surface area (Å²) in [6.45, 7) is 8.21. The van der Waals surface area contributed by atoms with Crippen molar-refractivity contribution in [3.05, 3.63) is 0 Å². The predicted molar refractivity (Wildman–Crippen MR) is 75.0 cm³/mol. The SMILES string of the molecule is CCOC(CCNCC(=O)N1CCCCC1)OCC. The van der Waals surface area contributed by atoms with Gasteiger partial charge in [0.25, 0.3) is 0 Å². The highest BCUT2D eigenvalue weighted by atomic mass is 16.7. The van der Waals surface area contributed by atoms with E-state index in [0.717, 1.165) is 38.9 Å². The number of likely N-dealkylation sites (tertiary alicyclic amines) is 1. The van der Waals surface area contributed by atoms with Crippen molar-refractivity contribution in [2.75, 3.05) is 39.4 Å². The minimum Gasteiger partial charge on any atom is -0.353 e. The Morgan fingerprint density at radius 3 is 2.37 bits per heavy atom. The van der Waals surface area contributed by atoms with Crippen molar-refractivity contribution in [2.45, 2.75) is 45.8 Å². The van der Waals surface area contributed by atoms with Crippen molar-refractivity contribution in [3.63, 3.8) is 0 Å². The van der Waals surface area contributed by atoms with Crippen LogP contribution in [0.3, 0.4) is 0 Å². The minimum absolute atomic E-state index is 0.160. The van der Waals surface area contributed by atoms with E-state index in [1.807, 2.05) is 18.7 Å². The Hall–Kier alpha value is -0.650. The lowest BCUT2D eigenvalue weighted by Gasteiger charge is -2.27. The Balaban J connectivity index is 2.09. The fourth-order valence-corrected chi connectivity index (χ4v) is 2.26. The second-order valence-electron chi connectivity index (χ2n) is 4.75. The molecular formula is C14H28N2O3. The molecule has 5 heteroatoms. The number of nitrogens with zero attached hydrogens (tertiary/aromatic N) is 1. The van der Waals surface area contributed by atoms with Gasteiger partial charge in [-0.15, -0.1) is 0 Å². The third-order valence-corrected chi connectivity index (χ3v) is 3.25. The predicted octanol–water partition coefficient (Wildman–Crippen LogP) is 1.38. The molecule has 1 heterocycles. The van der Waals surface area contributed by atoms with E-state index in [4.69, 9.17) is 9.47 Å².